The molecule has 2 fully saturated rings. The van der Waals surface area contributed by atoms with Crippen molar-refractivity contribution in [3.63, 3.8) is 0 Å². The second-order valence-electron chi connectivity index (χ2n) is 9.55. The molecular formula is C23H28ClN3O5. The first-order chi connectivity index (χ1) is 15.0. The first-order valence-corrected chi connectivity index (χ1v) is 11.3. The smallest absolute Gasteiger partial charge is 0.411 e. The number of anilines is 1. The third-order valence-corrected chi connectivity index (χ3v) is 6.35. The van der Waals surface area contributed by atoms with E-state index in [1.165, 1.54) is 0 Å². The molecule has 1 aromatic heterocycles. The predicted molar refractivity (Wildman–Crippen MR) is 121 cm³/mol. The molecule has 2 aliphatic rings. The maximum absolute atomic E-state index is 13.5. The molecule has 3 N–H and O–H groups in total. The van der Waals surface area contributed by atoms with Crippen LogP contribution in [0.5, 0.6) is 0 Å². The summed E-state index contributed by atoms with van der Waals surface area (Å²) >= 11 is 6.11. The van der Waals surface area contributed by atoms with Gasteiger partial charge in [0, 0.05) is 16.5 Å². The number of carbonyl (C=O) groups is 3. The minimum atomic E-state index is -0.809. The molecule has 172 valence electrons. The fourth-order valence-corrected chi connectivity index (χ4v) is 5.02. The van der Waals surface area contributed by atoms with Gasteiger partial charge in [-0.2, -0.15) is 0 Å². The topological polar surface area (TPSA) is 115 Å². The number of ether oxygens (including phenoxy) is 1. The number of hydrogen-bond donors (Lipinski definition) is 2. The van der Waals surface area contributed by atoms with Gasteiger partial charge in [0.15, 0.2) is 0 Å². The van der Waals surface area contributed by atoms with Crippen molar-refractivity contribution in [1.82, 2.24) is 4.90 Å². The zero-order valence-corrected chi connectivity index (χ0v) is 19.2. The van der Waals surface area contributed by atoms with Gasteiger partial charge < -0.3 is 20.2 Å². The Hall–Kier alpha value is -2.74. The highest BCUT2D eigenvalue weighted by atomic mass is 35.5. The van der Waals surface area contributed by atoms with Crippen LogP contribution >= 0.6 is 11.6 Å². The maximum atomic E-state index is 13.5. The summed E-state index contributed by atoms with van der Waals surface area (Å²) in [6.07, 6.45) is 3.93. The van der Waals surface area contributed by atoms with Crippen molar-refractivity contribution in [2.75, 3.05) is 5.32 Å². The molecule has 32 heavy (non-hydrogen) atoms. The summed E-state index contributed by atoms with van der Waals surface area (Å²) in [5.74, 6) is -1.14. The number of nitrogens with one attached hydrogen (secondary N) is 1. The fraction of sp³-hybridized carbons (Fsp3) is 0.522. The number of halogens is 1. The Morgan fingerprint density at radius 2 is 1.94 bits per heavy atom. The van der Waals surface area contributed by atoms with Crippen molar-refractivity contribution in [3.8, 4) is 0 Å². The monoisotopic (exact) mass is 461 g/mol. The Morgan fingerprint density at radius 3 is 2.62 bits per heavy atom. The van der Waals surface area contributed by atoms with E-state index >= 15 is 0 Å². The molecule has 0 radical (unpaired) electrons. The lowest BCUT2D eigenvalue weighted by molar-refractivity contribution is -0.120. The molecule has 1 saturated heterocycles. The second-order valence-corrected chi connectivity index (χ2v) is 9.99. The van der Waals surface area contributed by atoms with E-state index in [2.05, 4.69) is 5.32 Å². The van der Waals surface area contributed by atoms with E-state index in [1.807, 2.05) is 0 Å². The first-order valence-electron chi connectivity index (χ1n) is 10.9. The molecule has 3 atom stereocenters. The number of carbonyl (C=O) groups excluding carboxylic acids is 3. The van der Waals surface area contributed by atoms with Gasteiger partial charge in [-0.05, 0) is 64.2 Å². The van der Waals surface area contributed by atoms with Gasteiger partial charge in [-0.25, -0.2) is 4.79 Å². The summed E-state index contributed by atoms with van der Waals surface area (Å²) in [4.78, 5) is 40.1. The van der Waals surface area contributed by atoms with Gasteiger partial charge in [0.2, 0.25) is 11.7 Å². The van der Waals surface area contributed by atoms with Crippen molar-refractivity contribution in [1.29, 1.82) is 0 Å². The third kappa shape index (κ3) is 4.28. The summed E-state index contributed by atoms with van der Waals surface area (Å²) in [5, 5.41) is 3.69. The molecule has 1 saturated carbocycles. The van der Waals surface area contributed by atoms with Crippen LogP contribution in [0.4, 0.5) is 10.5 Å². The van der Waals surface area contributed by atoms with Crippen molar-refractivity contribution in [2.45, 2.75) is 70.6 Å². The number of hydrogen-bond acceptors (Lipinski definition) is 5. The molecule has 0 bridgehead atoms. The highest BCUT2D eigenvalue weighted by molar-refractivity contribution is 6.31. The molecule has 9 heteroatoms. The summed E-state index contributed by atoms with van der Waals surface area (Å²) in [6.45, 7) is 5.40. The Morgan fingerprint density at radius 1 is 1.22 bits per heavy atom. The van der Waals surface area contributed by atoms with Crippen molar-refractivity contribution >= 4 is 46.2 Å². The molecular weight excluding hydrogens is 434 g/mol. The Kier molecular flexibility index (Phi) is 5.83. The molecule has 8 nitrogen and oxygen atoms in total. The highest BCUT2D eigenvalue weighted by Gasteiger charge is 2.49. The van der Waals surface area contributed by atoms with Crippen LogP contribution in [0.25, 0.3) is 11.0 Å². The van der Waals surface area contributed by atoms with Crippen LogP contribution in [0.2, 0.25) is 5.02 Å². The van der Waals surface area contributed by atoms with Gasteiger partial charge in [0.25, 0.3) is 5.91 Å². The van der Waals surface area contributed by atoms with Crippen molar-refractivity contribution < 1.29 is 23.5 Å². The molecule has 2 aromatic rings. The van der Waals surface area contributed by atoms with Gasteiger partial charge in [-0.1, -0.05) is 24.4 Å². The van der Waals surface area contributed by atoms with Crippen LogP contribution in [0.1, 0.15) is 63.4 Å². The zero-order valence-electron chi connectivity index (χ0n) is 18.4. The van der Waals surface area contributed by atoms with Crippen molar-refractivity contribution in [2.24, 2.45) is 11.7 Å². The minimum Gasteiger partial charge on any atom is -0.449 e. The molecule has 1 aliphatic carbocycles. The van der Waals surface area contributed by atoms with Crippen LogP contribution < -0.4 is 11.1 Å². The van der Waals surface area contributed by atoms with Gasteiger partial charge in [0.1, 0.15) is 22.9 Å². The Balaban J connectivity index is 1.67. The average molecular weight is 462 g/mol. The van der Waals surface area contributed by atoms with Crippen LogP contribution in [0.3, 0.4) is 0 Å². The molecule has 1 aromatic carbocycles. The summed E-state index contributed by atoms with van der Waals surface area (Å²) < 4.78 is 11.2. The van der Waals surface area contributed by atoms with E-state index in [4.69, 9.17) is 26.5 Å². The quantitative estimate of drug-likeness (QED) is 0.687. The van der Waals surface area contributed by atoms with E-state index in [9.17, 15) is 14.4 Å². The van der Waals surface area contributed by atoms with Crippen molar-refractivity contribution in [3.05, 3.63) is 29.0 Å². The number of benzene rings is 1. The Labute approximate surface area is 191 Å². The zero-order chi connectivity index (χ0) is 23.2. The van der Waals surface area contributed by atoms with Crippen LogP contribution in [-0.4, -0.2) is 40.5 Å². The van der Waals surface area contributed by atoms with E-state index < -0.39 is 29.6 Å². The molecule has 3 amide bonds. The second kappa shape index (κ2) is 8.31. The summed E-state index contributed by atoms with van der Waals surface area (Å²) in [5.41, 5.74) is 5.35. The lowest BCUT2D eigenvalue weighted by Gasteiger charge is -2.34. The molecule has 1 aliphatic heterocycles. The lowest BCUT2D eigenvalue weighted by Crippen LogP contribution is -2.49. The van der Waals surface area contributed by atoms with E-state index in [-0.39, 0.29) is 23.4 Å². The molecule has 2 heterocycles. The molecule has 2 unspecified atom stereocenters. The van der Waals surface area contributed by atoms with E-state index in [0.29, 0.717) is 22.4 Å². The van der Waals surface area contributed by atoms with Gasteiger partial charge >= 0.3 is 6.09 Å². The van der Waals surface area contributed by atoms with Crippen LogP contribution in [-0.2, 0) is 9.53 Å². The molecule has 0 spiro atoms. The minimum absolute atomic E-state index is 0.0412. The fourth-order valence-electron chi connectivity index (χ4n) is 4.85. The Bertz CT molecular complexity index is 1070. The van der Waals surface area contributed by atoms with Crippen LogP contribution in [0.15, 0.2) is 22.6 Å². The maximum Gasteiger partial charge on any atom is 0.411 e. The summed E-state index contributed by atoms with van der Waals surface area (Å²) in [7, 11) is 0. The number of primary amides is 1. The molecule has 4 rings (SSSR count). The third-order valence-electron chi connectivity index (χ3n) is 6.12. The standard InChI is InChI=1S/C23H28ClN3O5/c1-23(2,3)32-22(30)27-15-7-5-4-6-12(15)10-16(27)21(29)26-18-14-11-13(24)8-9-17(14)31-19(18)20(25)28/h8-9,11-12,15-16H,4-7,10H2,1-3H3,(H2,25,28)(H,26,29)/t12?,15?,16-/m0/s1. The average Bonchev–Trinajstić information content (AvgIpc) is 3.25. The number of likely N-dealkylation sites (tertiary alicyclic amines) is 1. The lowest BCUT2D eigenvalue weighted by atomic mass is 9.85. The number of nitrogens with two attached hydrogens (primary N) is 1. The van der Waals surface area contributed by atoms with Gasteiger partial charge in [-0.15, -0.1) is 0 Å². The summed E-state index contributed by atoms with van der Waals surface area (Å²) in [6, 6.07) is 4.07. The first kappa shape index (κ1) is 22.5. The van der Waals surface area contributed by atoms with E-state index in [0.717, 1.165) is 25.7 Å². The number of nitrogens with zero attached hydrogens (tertiary/aromatic N) is 1. The predicted octanol–water partition coefficient (Wildman–Crippen LogP) is 4.69. The van der Waals surface area contributed by atoms with Gasteiger partial charge in [-0.3, -0.25) is 14.5 Å². The number of amides is 3. The largest absolute Gasteiger partial charge is 0.449 e. The normalized spacial score (nSPS) is 23.1. The van der Waals surface area contributed by atoms with E-state index in [1.54, 1.807) is 43.9 Å². The van der Waals surface area contributed by atoms with Crippen LogP contribution in [0, 0.1) is 5.92 Å². The number of fused-ring (bicyclic) bond motifs is 2. The SMILES string of the molecule is CC(C)(C)OC(=O)N1C2CCCCC2C[C@H]1C(=O)Nc1c(C(N)=O)oc2ccc(Cl)cc12. The number of rotatable bonds is 3. The van der Waals surface area contributed by atoms with Gasteiger partial charge in [0.05, 0.1) is 0 Å². The highest BCUT2D eigenvalue weighted by Crippen LogP contribution is 2.41. The number of furan rings is 1.